The summed E-state index contributed by atoms with van der Waals surface area (Å²) in [6, 6.07) is 3.46. The molecule has 1 aromatic rings. The molecule has 0 heterocycles. The lowest BCUT2D eigenvalue weighted by Gasteiger charge is -1.94. The molecular weight excluding hydrogens is 174 g/mol. The van der Waals surface area contributed by atoms with Gasteiger partial charge in [0.2, 0.25) is 0 Å². The number of ketones is 1. The Morgan fingerprint density at radius 1 is 1.31 bits per heavy atom. The number of hydrogen-bond donors (Lipinski definition) is 0. The van der Waals surface area contributed by atoms with Gasteiger partial charge in [-0.25, -0.2) is 8.78 Å². The molecule has 3 heteroatoms. The zero-order valence-corrected chi connectivity index (χ0v) is 7.05. The molecule has 0 amide bonds. The van der Waals surface area contributed by atoms with Crippen molar-refractivity contribution in [1.82, 2.24) is 0 Å². The lowest BCUT2D eigenvalue weighted by atomic mass is 10.2. The molecule has 1 aromatic carbocycles. The van der Waals surface area contributed by atoms with Gasteiger partial charge in [-0.05, 0) is 30.7 Å². The van der Waals surface area contributed by atoms with Gasteiger partial charge in [-0.1, -0.05) is 12.1 Å². The van der Waals surface area contributed by atoms with E-state index in [4.69, 9.17) is 0 Å². The molecular formula is C10H8F2O. The summed E-state index contributed by atoms with van der Waals surface area (Å²) >= 11 is 0. The third kappa shape index (κ3) is 2.78. The Morgan fingerprint density at radius 3 is 2.54 bits per heavy atom. The number of hydrogen-bond acceptors (Lipinski definition) is 1. The third-order valence-corrected chi connectivity index (χ3v) is 1.45. The fourth-order valence-electron chi connectivity index (χ4n) is 0.830. The molecule has 0 aliphatic carbocycles. The first-order valence-electron chi connectivity index (χ1n) is 3.73. The fourth-order valence-corrected chi connectivity index (χ4v) is 0.830. The van der Waals surface area contributed by atoms with Crippen LogP contribution in [-0.4, -0.2) is 5.78 Å². The van der Waals surface area contributed by atoms with E-state index in [0.717, 1.165) is 12.1 Å². The van der Waals surface area contributed by atoms with E-state index in [-0.39, 0.29) is 5.78 Å². The van der Waals surface area contributed by atoms with Gasteiger partial charge in [-0.2, -0.15) is 0 Å². The van der Waals surface area contributed by atoms with Crippen LogP contribution in [0.3, 0.4) is 0 Å². The van der Waals surface area contributed by atoms with Crippen LogP contribution >= 0.6 is 0 Å². The third-order valence-electron chi connectivity index (χ3n) is 1.45. The molecule has 0 radical (unpaired) electrons. The van der Waals surface area contributed by atoms with Crippen molar-refractivity contribution in [3.63, 3.8) is 0 Å². The van der Waals surface area contributed by atoms with Gasteiger partial charge in [-0.3, -0.25) is 4.79 Å². The van der Waals surface area contributed by atoms with Crippen LogP contribution < -0.4 is 0 Å². The summed E-state index contributed by atoms with van der Waals surface area (Å²) in [6.45, 7) is 1.39. The molecule has 0 unspecified atom stereocenters. The van der Waals surface area contributed by atoms with Gasteiger partial charge in [0.1, 0.15) is 0 Å². The first kappa shape index (κ1) is 9.58. The van der Waals surface area contributed by atoms with E-state index in [1.807, 2.05) is 0 Å². The Hall–Kier alpha value is -1.51. The zero-order chi connectivity index (χ0) is 9.84. The van der Waals surface area contributed by atoms with Crippen LogP contribution in [0.2, 0.25) is 0 Å². The molecule has 0 aromatic heterocycles. The summed E-state index contributed by atoms with van der Waals surface area (Å²) in [5.41, 5.74) is 0.467. The Balaban J connectivity index is 2.92. The predicted octanol–water partition coefficient (Wildman–Crippen LogP) is 2.57. The topological polar surface area (TPSA) is 17.1 Å². The van der Waals surface area contributed by atoms with Crippen molar-refractivity contribution in [2.75, 3.05) is 0 Å². The Kier molecular flexibility index (Phi) is 2.90. The summed E-state index contributed by atoms with van der Waals surface area (Å²) in [6.07, 6.45) is 2.73. The number of carbonyl (C=O) groups excluding carboxylic acids is 1. The molecule has 0 spiro atoms. The van der Waals surface area contributed by atoms with Crippen molar-refractivity contribution < 1.29 is 13.6 Å². The SMILES string of the molecule is CC(=O)C=Cc1ccc(F)c(F)c1. The maximum Gasteiger partial charge on any atom is 0.159 e. The van der Waals surface area contributed by atoms with E-state index in [1.54, 1.807) is 0 Å². The van der Waals surface area contributed by atoms with E-state index in [2.05, 4.69) is 0 Å². The molecule has 1 nitrogen and oxygen atoms in total. The maximum absolute atomic E-state index is 12.6. The Morgan fingerprint density at radius 2 is 2.00 bits per heavy atom. The van der Waals surface area contributed by atoms with E-state index < -0.39 is 11.6 Å². The van der Waals surface area contributed by atoms with Gasteiger partial charge in [0.05, 0.1) is 0 Å². The van der Waals surface area contributed by atoms with E-state index >= 15 is 0 Å². The minimum atomic E-state index is -0.911. The van der Waals surface area contributed by atoms with Crippen molar-refractivity contribution >= 4 is 11.9 Å². The lowest BCUT2D eigenvalue weighted by molar-refractivity contribution is -0.112. The van der Waals surface area contributed by atoms with Crippen molar-refractivity contribution in [2.45, 2.75) is 6.92 Å². The number of halogens is 2. The zero-order valence-electron chi connectivity index (χ0n) is 7.05. The van der Waals surface area contributed by atoms with Crippen LogP contribution in [0.4, 0.5) is 8.78 Å². The highest BCUT2D eigenvalue weighted by Gasteiger charge is 1.99. The summed E-state index contributed by atoms with van der Waals surface area (Å²) in [7, 11) is 0. The van der Waals surface area contributed by atoms with Crippen LogP contribution in [0.25, 0.3) is 6.08 Å². The second kappa shape index (κ2) is 3.94. The summed E-state index contributed by atoms with van der Waals surface area (Å²) in [4.78, 5) is 10.5. The number of allylic oxidation sites excluding steroid dienone is 1. The summed E-state index contributed by atoms with van der Waals surface area (Å²) in [5.74, 6) is -1.93. The standard InChI is InChI=1S/C10H8F2O/c1-7(13)2-3-8-4-5-9(11)10(12)6-8/h2-6H,1H3. The molecule has 13 heavy (non-hydrogen) atoms. The quantitative estimate of drug-likeness (QED) is 0.642. The second-order valence-electron chi connectivity index (χ2n) is 2.62. The summed E-state index contributed by atoms with van der Waals surface area (Å²) in [5, 5.41) is 0. The average molecular weight is 182 g/mol. The normalized spacial score (nSPS) is 10.7. The van der Waals surface area contributed by atoms with Crippen LogP contribution in [-0.2, 0) is 4.79 Å². The highest BCUT2D eigenvalue weighted by Crippen LogP contribution is 2.09. The van der Waals surface area contributed by atoms with Gasteiger partial charge in [0.15, 0.2) is 17.4 Å². The molecule has 1 rings (SSSR count). The monoisotopic (exact) mass is 182 g/mol. The van der Waals surface area contributed by atoms with Gasteiger partial charge in [0.25, 0.3) is 0 Å². The van der Waals surface area contributed by atoms with Crippen molar-refractivity contribution in [3.8, 4) is 0 Å². The highest BCUT2D eigenvalue weighted by molar-refractivity contribution is 5.91. The van der Waals surface area contributed by atoms with Gasteiger partial charge >= 0.3 is 0 Å². The molecule has 0 atom stereocenters. The molecule has 0 saturated carbocycles. The van der Waals surface area contributed by atoms with E-state index in [1.165, 1.54) is 25.1 Å². The van der Waals surface area contributed by atoms with Crippen LogP contribution in [0.1, 0.15) is 12.5 Å². The first-order chi connectivity index (χ1) is 6.09. The number of rotatable bonds is 2. The molecule has 68 valence electrons. The van der Waals surface area contributed by atoms with Crippen molar-refractivity contribution in [3.05, 3.63) is 41.5 Å². The molecule has 0 fully saturated rings. The lowest BCUT2D eigenvalue weighted by Crippen LogP contribution is -1.85. The largest absolute Gasteiger partial charge is 0.295 e. The van der Waals surface area contributed by atoms with Crippen molar-refractivity contribution in [2.24, 2.45) is 0 Å². The molecule has 0 bridgehead atoms. The molecule has 0 N–H and O–H groups in total. The van der Waals surface area contributed by atoms with E-state index in [9.17, 15) is 13.6 Å². The van der Waals surface area contributed by atoms with Gasteiger partial charge < -0.3 is 0 Å². The second-order valence-corrected chi connectivity index (χ2v) is 2.62. The van der Waals surface area contributed by atoms with Crippen LogP contribution in [0, 0.1) is 11.6 Å². The van der Waals surface area contributed by atoms with Crippen molar-refractivity contribution in [1.29, 1.82) is 0 Å². The smallest absolute Gasteiger partial charge is 0.159 e. The molecule has 0 saturated heterocycles. The van der Waals surface area contributed by atoms with Crippen LogP contribution in [0.5, 0.6) is 0 Å². The fraction of sp³-hybridized carbons (Fsp3) is 0.100. The van der Waals surface area contributed by atoms with Crippen LogP contribution in [0.15, 0.2) is 24.3 Å². The molecule has 0 aliphatic heterocycles. The number of carbonyl (C=O) groups is 1. The Bertz CT molecular complexity index is 356. The highest BCUT2D eigenvalue weighted by atomic mass is 19.2. The Labute approximate surface area is 74.7 Å². The van der Waals surface area contributed by atoms with Gasteiger partial charge in [-0.15, -0.1) is 0 Å². The minimum absolute atomic E-state index is 0.135. The first-order valence-corrected chi connectivity index (χ1v) is 3.73. The maximum atomic E-state index is 12.6. The minimum Gasteiger partial charge on any atom is -0.295 e. The van der Waals surface area contributed by atoms with E-state index in [0.29, 0.717) is 5.56 Å². The van der Waals surface area contributed by atoms with Gasteiger partial charge in [0, 0.05) is 0 Å². The number of benzene rings is 1. The average Bonchev–Trinajstić information content (AvgIpc) is 2.07. The molecule has 0 aliphatic rings. The summed E-state index contributed by atoms with van der Waals surface area (Å²) < 4.78 is 25.0. The predicted molar refractivity (Wildman–Crippen MR) is 46.1 cm³/mol.